The minimum absolute atomic E-state index is 0. The molecule has 130 valence electrons. The van der Waals surface area contributed by atoms with E-state index in [1.165, 1.54) is 11.1 Å². The van der Waals surface area contributed by atoms with E-state index in [-0.39, 0.29) is 20.4 Å². The van der Waals surface area contributed by atoms with Crippen molar-refractivity contribution in [3.63, 3.8) is 0 Å². The van der Waals surface area contributed by atoms with E-state index >= 15 is 0 Å². The number of nitrogens with zero attached hydrogens (tertiary/aromatic N) is 2. The van der Waals surface area contributed by atoms with E-state index in [9.17, 15) is 0 Å². The second kappa shape index (κ2) is 11.9. The van der Waals surface area contributed by atoms with Crippen LogP contribution < -0.4 is 0 Å². The monoisotopic (exact) mass is 438 g/mol. The van der Waals surface area contributed by atoms with Crippen LogP contribution in [0.4, 0.5) is 0 Å². The van der Waals surface area contributed by atoms with E-state index in [0.29, 0.717) is 0 Å². The molecule has 0 fully saturated rings. The van der Waals surface area contributed by atoms with Crippen LogP contribution in [-0.2, 0) is 58.8 Å². The predicted molar refractivity (Wildman–Crippen MR) is 98.9 cm³/mol. The molecular weight excluding hydrogens is 415 g/mol. The van der Waals surface area contributed by atoms with Crippen LogP contribution in [0.5, 0.6) is 0 Å². The molecule has 0 amide bonds. The first-order valence-corrected chi connectivity index (χ1v) is 8.01. The number of benzene rings is 2. The molecule has 2 aromatic rings. The van der Waals surface area contributed by atoms with E-state index in [2.05, 4.69) is 21.9 Å². The van der Waals surface area contributed by atoms with Crippen LogP contribution in [0.1, 0.15) is 11.1 Å². The Morgan fingerprint density at radius 1 is 0.652 bits per heavy atom. The van der Waals surface area contributed by atoms with Crippen LogP contribution >= 0.6 is 0 Å². The largest absolute Gasteiger partial charge is 0.779 e. The summed E-state index contributed by atoms with van der Waals surface area (Å²) in [6.45, 7) is 1.86. The normalized spacial score (nSPS) is 10.0. The fourth-order valence-corrected chi connectivity index (χ4v) is 2.37. The second-order valence-corrected chi connectivity index (χ2v) is 6.57. The summed E-state index contributed by atoms with van der Waals surface area (Å²) < 4.78 is 0. The summed E-state index contributed by atoms with van der Waals surface area (Å²) in [6, 6.07) is 16.1. The molecule has 0 radical (unpaired) electrons. The standard InChI is InChI=1S/2C9H13NS.Pd/c2*1-10(2)7-8-5-3-4-6-9(8)11;/h2*3-6,11H,7H2,1-2H3;/p-2. The van der Waals surface area contributed by atoms with Gasteiger partial charge in [-0.1, -0.05) is 59.7 Å². The Morgan fingerprint density at radius 2 is 0.957 bits per heavy atom. The van der Waals surface area contributed by atoms with Gasteiger partial charge in [0.15, 0.2) is 0 Å². The topological polar surface area (TPSA) is 6.48 Å². The maximum Gasteiger partial charge on any atom is 0.0212 e. The summed E-state index contributed by atoms with van der Waals surface area (Å²) in [7, 11) is 8.17. The van der Waals surface area contributed by atoms with Crippen LogP contribution in [0.25, 0.3) is 0 Å². The van der Waals surface area contributed by atoms with Crippen LogP contribution in [0.15, 0.2) is 58.3 Å². The van der Waals surface area contributed by atoms with Gasteiger partial charge in [-0.2, -0.15) is 9.79 Å². The minimum Gasteiger partial charge on any atom is -0.779 e. The molecule has 0 aromatic heterocycles. The molecule has 2 aromatic carbocycles. The van der Waals surface area contributed by atoms with E-state index in [4.69, 9.17) is 25.3 Å². The summed E-state index contributed by atoms with van der Waals surface area (Å²) >= 11 is 10.3. The van der Waals surface area contributed by atoms with Crippen molar-refractivity contribution in [2.45, 2.75) is 22.9 Å². The summed E-state index contributed by atoms with van der Waals surface area (Å²) in [5.41, 5.74) is 2.46. The molecule has 5 heteroatoms. The minimum atomic E-state index is 0. The zero-order valence-corrected chi connectivity index (χ0v) is 17.2. The van der Waals surface area contributed by atoms with Gasteiger partial charge in [0.2, 0.25) is 0 Å². The molecule has 0 aliphatic heterocycles. The van der Waals surface area contributed by atoms with Gasteiger partial charge < -0.3 is 35.1 Å². The zero-order chi connectivity index (χ0) is 16.5. The maximum atomic E-state index is 5.14. The van der Waals surface area contributed by atoms with Crippen LogP contribution in [0.3, 0.4) is 0 Å². The summed E-state index contributed by atoms with van der Waals surface area (Å²) in [5, 5.41) is 0. The number of rotatable bonds is 4. The third kappa shape index (κ3) is 9.37. The number of hydrogen-bond donors (Lipinski definition) is 0. The Bertz CT molecular complexity index is 523. The average molecular weight is 439 g/mol. The van der Waals surface area contributed by atoms with Gasteiger partial charge in [-0.05, 0) is 28.2 Å². The maximum absolute atomic E-state index is 5.14. The summed E-state index contributed by atoms with van der Waals surface area (Å²) in [6.07, 6.45) is 0. The molecule has 0 unspecified atom stereocenters. The molecule has 0 saturated carbocycles. The molecular formula is C18H24N2PdS2-2. The van der Waals surface area contributed by atoms with Gasteiger partial charge >= 0.3 is 0 Å². The third-order valence-corrected chi connectivity index (χ3v) is 3.71. The van der Waals surface area contributed by atoms with Crippen molar-refractivity contribution in [2.24, 2.45) is 0 Å². The Kier molecular flexibility index (Phi) is 11.6. The Hall–Kier alpha value is -0.538. The van der Waals surface area contributed by atoms with Gasteiger partial charge in [-0.3, -0.25) is 0 Å². The van der Waals surface area contributed by atoms with Crippen molar-refractivity contribution in [3.05, 3.63) is 59.7 Å². The second-order valence-electron chi connectivity index (χ2n) is 5.69. The smallest absolute Gasteiger partial charge is 0.0212 e. The van der Waals surface area contributed by atoms with E-state index in [1.807, 2.05) is 64.6 Å². The van der Waals surface area contributed by atoms with Crippen molar-refractivity contribution in [2.75, 3.05) is 28.2 Å². The molecule has 0 heterocycles. The van der Waals surface area contributed by atoms with Gasteiger partial charge in [0, 0.05) is 33.5 Å². The molecule has 0 spiro atoms. The zero-order valence-electron chi connectivity index (χ0n) is 14.1. The van der Waals surface area contributed by atoms with Gasteiger partial charge in [-0.25, -0.2) is 0 Å². The van der Waals surface area contributed by atoms with Gasteiger partial charge in [0.1, 0.15) is 0 Å². The van der Waals surface area contributed by atoms with Gasteiger partial charge in [0.25, 0.3) is 0 Å². The van der Waals surface area contributed by atoms with Gasteiger partial charge in [-0.15, -0.1) is 0 Å². The molecule has 0 aliphatic carbocycles. The van der Waals surface area contributed by atoms with Crippen LogP contribution in [0, 0.1) is 0 Å². The Labute approximate surface area is 165 Å². The fraction of sp³-hybridized carbons (Fsp3) is 0.333. The molecule has 0 N–H and O–H groups in total. The molecule has 0 aliphatic rings. The molecule has 23 heavy (non-hydrogen) atoms. The first kappa shape index (κ1) is 22.5. The molecule has 0 saturated heterocycles. The Morgan fingerprint density at radius 3 is 1.22 bits per heavy atom. The first-order chi connectivity index (χ1) is 10.4. The van der Waals surface area contributed by atoms with E-state index in [1.54, 1.807) is 0 Å². The third-order valence-electron chi connectivity index (χ3n) is 2.92. The van der Waals surface area contributed by atoms with E-state index in [0.717, 1.165) is 22.9 Å². The predicted octanol–water partition coefficient (Wildman–Crippen LogP) is 3.31. The van der Waals surface area contributed by atoms with E-state index < -0.39 is 0 Å². The van der Waals surface area contributed by atoms with Crippen molar-refractivity contribution in [1.82, 2.24) is 9.80 Å². The fourth-order valence-electron chi connectivity index (χ4n) is 1.95. The van der Waals surface area contributed by atoms with Crippen molar-refractivity contribution < 1.29 is 20.4 Å². The van der Waals surface area contributed by atoms with Crippen molar-refractivity contribution >= 4 is 25.3 Å². The molecule has 2 rings (SSSR count). The Balaban J connectivity index is 0.000000403. The summed E-state index contributed by atoms with van der Waals surface area (Å²) in [4.78, 5) is 6.15. The van der Waals surface area contributed by atoms with Gasteiger partial charge in [0.05, 0.1) is 0 Å². The number of hydrogen-bond acceptors (Lipinski definition) is 4. The van der Waals surface area contributed by atoms with Crippen molar-refractivity contribution in [3.8, 4) is 0 Å². The van der Waals surface area contributed by atoms with Crippen molar-refractivity contribution in [1.29, 1.82) is 0 Å². The summed E-state index contributed by atoms with van der Waals surface area (Å²) in [5.74, 6) is 0. The SMILES string of the molecule is CN(C)Cc1ccccc1[S-].CN(C)Cc1ccccc1[S-].[Pd]. The molecule has 2 nitrogen and oxygen atoms in total. The molecule has 0 bridgehead atoms. The first-order valence-electron chi connectivity index (χ1n) is 7.19. The van der Waals surface area contributed by atoms with Crippen LogP contribution in [-0.4, -0.2) is 38.0 Å². The van der Waals surface area contributed by atoms with Crippen LogP contribution in [0.2, 0.25) is 0 Å². The average Bonchev–Trinajstić information content (AvgIpc) is 2.44. The quantitative estimate of drug-likeness (QED) is 0.533. The molecule has 0 atom stereocenters.